The zero-order valence-electron chi connectivity index (χ0n) is 18.7. The Hall–Kier alpha value is -3.95. The quantitative estimate of drug-likeness (QED) is 0.364. The third-order valence-electron chi connectivity index (χ3n) is 6.14. The fraction of sp³-hybridized carbons (Fsp3) is 0.240. The van der Waals surface area contributed by atoms with E-state index < -0.39 is 0 Å². The fourth-order valence-corrected chi connectivity index (χ4v) is 4.11. The Kier molecular flexibility index (Phi) is 5.87. The van der Waals surface area contributed by atoms with Crippen molar-refractivity contribution in [1.82, 2.24) is 24.5 Å². The number of hydrogen-bond acceptors (Lipinski definition) is 8. The van der Waals surface area contributed by atoms with Crippen LogP contribution in [0.15, 0.2) is 66.1 Å². The molecule has 0 bridgehead atoms. The second-order valence-corrected chi connectivity index (χ2v) is 8.33. The van der Waals surface area contributed by atoms with Gasteiger partial charge in [-0.05, 0) is 49.1 Å². The molecular formula is C25H26N8O. The van der Waals surface area contributed by atoms with Gasteiger partial charge in [-0.25, -0.2) is 15.0 Å². The first-order valence-corrected chi connectivity index (χ1v) is 11.2. The number of allylic oxidation sites excluding steroid dienone is 1. The topological polar surface area (TPSA) is 141 Å². The summed E-state index contributed by atoms with van der Waals surface area (Å²) >= 11 is 0. The molecule has 34 heavy (non-hydrogen) atoms. The number of nitrogens with zero attached hydrogens (tertiary/aromatic N) is 6. The molecule has 0 amide bonds. The van der Waals surface area contributed by atoms with Gasteiger partial charge in [-0.2, -0.15) is 0 Å². The summed E-state index contributed by atoms with van der Waals surface area (Å²) < 4.78 is 1.97. The number of aromatic nitrogens is 5. The summed E-state index contributed by atoms with van der Waals surface area (Å²) in [5.41, 5.74) is 16.7. The van der Waals surface area contributed by atoms with E-state index in [4.69, 9.17) is 26.5 Å². The highest BCUT2D eigenvalue weighted by Gasteiger charge is 2.34. The largest absolute Gasteiger partial charge is 0.404 e. The molecule has 5 N–H and O–H groups in total. The van der Waals surface area contributed by atoms with E-state index in [9.17, 15) is 0 Å². The van der Waals surface area contributed by atoms with Crippen molar-refractivity contribution in [3.8, 4) is 17.2 Å². The SMILES string of the molecule is N/C=C(\C=NCCO)c1ncc2nc(-c3ccccn3)n(-c3ccc(C4(N)CCC4)cc3)c2n1. The van der Waals surface area contributed by atoms with Crippen LogP contribution in [0.1, 0.15) is 30.7 Å². The summed E-state index contributed by atoms with van der Waals surface area (Å²) in [6.45, 7) is 0.227. The highest BCUT2D eigenvalue weighted by molar-refractivity contribution is 6.08. The molecular weight excluding hydrogens is 428 g/mol. The minimum absolute atomic E-state index is 0.0471. The van der Waals surface area contributed by atoms with E-state index in [0.29, 0.717) is 28.4 Å². The molecule has 1 saturated carbocycles. The number of pyridine rings is 1. The minimum Gasteiger partial charge on any atom is -0.404 e. The Morgan fingerprint density at radius 1 is 1.12 bits per heavy atom. The molecule has 4 aromatic rings. The Balaban J connectivity index is 1.65. The van der Waals surface area contributed by atoms with Gasteiger partial charge in [0.05, 0.1) is 24.9 Å². The average molecular weight is 455 g/mol. The molecule has 9 nitrogen and oxygen atoms in total. The smallest absolute Gasteiger partial charge is 0.169 e. The molecule has 0 radical (unpaired) electrons. The fourth-order valence-electron chi connectivity index (χ4n) is 4.11. The lowest BCUT2D eigenvalue weighted by molar-refractivity contribution is 0.253. The highest BCUT2D eigenvalue weighted by Crippen LogP contribution is 2.39. The summed E-state index contributed by atoms with van der Waals surface area (Å²) in [5.74, 6) is 1.07. The van der Waals surface area contributed by atoms with E-state index in [2.05, 4.69) is 27.1 Å². The van der Waals surface area contributed by atoms with Crippen LogP contribution >= 0.6 is 0 Å². The van der Waals surface area contributed by atoms with Gasteiger partial charge in [0.15, 0.2) is 17.3 Å². The summed E-state index contributed by atoms with van der Waals surface area (Å²) in [5, 5.41) is 9.01. The summed E-state index contributed by atoms with van der Waals surface area (Å²) in [6, 6.07) is 14.0. The molecule has 5 rings (SSSR count). The maximum Gasteiger partial charge on any atom is 0.169 e. The molecule has 0 spiro atoms. The molecule has 1 aliphatic rings. The van der Waals surface area contributed by atoms with Crippen molar-refractivity contribution in [2.45, 2.75) is 24.8 Å². The normalized spacial score (nSPS) is 15.6. The molecule has 3 aromatic heterocycles. The molecule has 1 aliphatic carbocycles. The minimum atomic E-state index is -0.233. The van der Waals surface area contributed by atoms with Crippen LogP contribution in [0.2, 0.25) is 0 Å². The zero-order chi connectivity index (χ0) is 23.5. The number of fused-ring (bicyclic) bond motifs is 1. The van der Waals surface area contributed by atoms with E-state index in [0.717, 1.165) is 36.2 Å². The Morgan fingerprint density at radius 2 is 1.94 bits per heavy atom. The van der Waals surface area contributed by atoms with Crippen molar-refractivity contribution in [3.05, 3.63) is 72.4 Å². The van der Waals surface area contributed by atoms with Gasteiger partial charge >= 0.3 is 0 Å². The molecule has 0 aliphatic heterocycles. The van der Waals surface area contributed by atoms with Crippen molar-refractivity contribution in [3.63, 3.8) is 0 Å². The number of aliphatic hydroxyl groups is 1. The van der Waals surface area contributed by atoms with Crippen LogP contribution in [0.4, 0.5) is 0 Å². The lowest BCUT2D eigenvalue weighted by Gasteiger charge is -2.38. The van der Waals surface area contributed by atoms with Crippen LogP contribution in [0.3, 0.4) is 0 Å². The molecule has 1 aromatic carbocycles. The first kappa shape index (κ1) is 21.9. The lowest BCUT2D eigenvalue weighted by Crippen LogP contribution is -2.43. The van der Waals surface area contributed by atoms with Crippen LogP contribution < -0.4 is 11.5 Å². The summed E-state index contributed by atoms with van der Waals surface area (Å²) in [7, 11) is 0. The number of nitrogens with two attached hydrogens (primary N) is 2. The number of hydrogen-bond donors (Lipinski definition) is 3. The predicted molar refractivity (Wildman–Crippen MR) is 132 cm³/mol. The van der Waals surface area contributed by atoms with Crippen LogP contribution in [0, 0.1) is 0 Å². The molecule has 172 valence electrons. The third-order valence-corrected chi connectivity index (χ3v) is 6.14. The molecule has 3 heterocycles. The zero-order valence-corrected chi connectivity index (χ0v) is 18.7. The van der Waals surface area contributed by atoms with Crippen molar-refractivity contribution < 1.29 is 5.11 Å². The van der Waals surface area contributed by atoms with Gasteiger partial charge in [0, 0.05) is 29.8 Å². The van der Waals surface area contributed by atoms with E-state index in [1.54, 1.807) is 18.6 Å². The lowest BCUT2D eigenvalue weighted by atomic mass is 9.73. The molecule has 0 saturated heterocycles. The number of aliphatic imine (C=N–C) groups is 1. The van der Waals surface area contributed by atoms with Crippen molar-refractivity contribution >= 4 is 23.0 Å². The van der Waals surface area contributed by atoms with Crippen LogP contribution in [-0.2, 0) is 5.54 Å². The number of rotatable bonds is 7. The highest BCUT2D eigenvalue weighted by atomic mass is 16.3. The Bertz CT molecular complexity index is 1360. The van der Waals surface area contributed by atoms with Gasteiger partial charge in [-0.3, -0.25) is 14.5 Å². The number of benzene rings is 1. The van der Waals surface area contributed by atoms with Crippen LogP contribution in [0.5, 0.6) is 0 Å². The summed E-state index contributed by atoms with van der Waals surface area (Å²) in [4.78, 5) is 22.7. The van der Waals surface area contributed by atoms with Crippen molar-refractivity contribution in [2.24, 2.45) is 16.5 Å². The van der Waals surface area contributed by atoms with Crippen molar-refractivity contribution in [2.75, 3.05) is 13.2 Å². The third kappa shape index (κ3) is 3.95. The number of imidazole rings is 1. The monoisotopic (exact) mass is 454 g/mol. The first-order chi connectivity index (χ1) is 16.6. The molecule has 1 fully saturated rings. The second-order valence-electron chi connectivity index (χ2n) is 8.33. The van der Waals surface area contributed by atoms with E-state index in [1.807, 2.05) is 34.9 Å². The first-order valence-electron chi connectivity index (χ1n) is 11.2. The van der Waals surface area contributed by atoms with Gasteiger partial charge in [0.1, 0.15) is 11.2 Å². The Morgan fingerprint density at radius 3 is 2.59 bits per heavy atom. The van der Waals surface area contributed by atoms with Gasteiger partial charge < -0.3 is 16.6 Å². The predicted octanol–water partition coefficient (Wildman–Crippen LogP) is 2.58. The van der Waals surface area contributed by atoms with E-state index in [1.165, 1.54) is 6.20 Å². The van der Waals surface area contributed by atoms with Gasteiger partial charge in [-0.15, -0.1) is 0 Å². The molecule has 0 atom stereocenters. The van der Waals surface area contributed by atoms with Gasteiger partial charge in [0.25, 0.3) is 0 Å². The van der Waals surface area contributed by atoms with Crippen molar-refractivity contribution in [1.29, 1.82) is 0 Å². The van der Waals surface area contributed by atoms with E-state index in [-0.39, 0.29) is 18.7 Å². The second kappa shape index (κ2) is 9.12. The molecule has 0 unspecified atom stereocenters. The number of aliphatic hydroxyl groups excluding tert-OH is 1. The van der Waals surface area contributed by atoms with Gasteiger partial charge in [0.2, 0.25) is 0 Å². The maximum absolute atomic E-state index is 9.01. The summed E-state index contributed by atoms with van der Waals surface area (Å²) in [6.07, 6.45) is 9.53. The van der Waals surface area contributed by atoms with Crippen LogP contribution in [0.25, 0.3) is 33.9 Å². The molecule has 9 heteroatoms. The van der Waals surface area contributed by atoms with E-state index >= 15 is 0 Å². The standard InChI is InChI=1S/C25H26N8O/c26-14-17(15-28-12-13-34)22-30-16-21-24(32-22)33(23(31-21)20-4-1-2-11-29-20)19-7-5-18(6-8-19)25(27)9-3-10-25/h1-2,4-8,11,14-16,34H,3,9-10,12-13,26-27H2/b17-14+,28-15?. The van der Waals surface area contributed by atoms with Crippen LogP contribution in [-0.4, -0.2) is 49.0 Å². The van der Waals surface area contributed by atoms with Gasteiger partial charge in [-0.1, -0.05) is 18.2 Å². The average Bonchev–Trinajstić information content (AvgIpc) is 3.25. The maximum atomic E-state index is 9.01. The Labute approximate surface area is 196 Å².